The molecule has 0 atom stereocenters. The predicted molar refractivity (Wildman–Crippen MR) is 35.6 cm³/mol. The zero-order chi connectivity index (χ0) is 6.95. The van der Waals surface area contributed by atoms with Crippen LogP contribution < -0.4 is 0 Å². The number of rotatable bonds is 5. The third-order valence-corrected chi connectivity index (χ3v) is 0.874. The van der Waals surface area contributed by atoms with E-state index in [1.165, 1.54) is 0 Å². The normalized spacial score (nSPS) is 10.4. The fourth-order valence-corrected chi connectivity index (χ4v) is 0.433. The van der Waals surface area contributed by atoms with Crippen LogP contribution in [-0.4, -0.2) is 13.2 Å². The summed E-state index contributed by atoms with van der Waals surface area (Å²) in [5.74, 6) is 0. The summed E-state index contributed by atoms with van der Waals surface area (Å²) in [5.41, 5.74) is 0. The largest absolute Gasteiger partial charge is 0.502 e. The van der Waals surface area contributed by atoms with Gasteiger partial charge in [-0.05, 0) is 25.8 Å². The molecule has 2 nitrogen and oxygen atoms in total. The van der Waals surface area contributed by atoms with Crippen LogP contribution in [0.4, 0.5) is 0 Å². The van der Waals surface area contributed by atoms with E-state index in [0.717, 1.165) is 6.42 Å². The lowest BCUT2D eigenvalue weighted by molar-refractivity contribution is 0.189. The Hall–Kier alpha value is -0.500. The van der Waals surface area contributed by atoms with Gasteiger partial charge in [0.1, 0.15) is 0 Å². The Morgan fingerprint density at radius 3 is 2.89 bits per heavy atom. The van der Waals surface area contributed by atoms with Gasteiger partial charge in [-0.1, -0.05) is 0 Å². The average Bonchev–Trinajstić information content (AvgIpc) is 1.89. The Morgan fingerprint density at radius 2 is 2.33 bits per heavy atom. The van der Waals surface area contributed by atoms with E-state index in [-0.39, 0.29) is 6.61 Å². The summed E-state index contributed by atoms with van der Waals surface area (Å²) >= 11 is 0. The first-order valence-corrected chi connectivity index (χ1v) is 3.26. The quantitative estimate of drug-likeness (QED) is 0.410. The molecule has 0 aliphatic rings. The number of allylic oxidation sites excluding steroid dienone is 1. The summed E-state index contributed by atoms with van der Waals surface area (Å²) in [4.78, 5) is 0. The molecule has 1 radical (unpaired) electrons. The van der Waals surface area contributed by atoms with Gasteiger partial charge in [-0.2, -0.15) is 0 Å². The van der Waals surface area contributed by atoms with E-state index >= 15 is 0 Å². The zero-order valence-corrected chi connectivity index (χ0v) is 5.80. The van der Waals surface area contributed by atoms with E-state index in [9.17, 15) is 5.11 Å². The predicted octanol–water partition coefficient (Wildman–Crippen LogP) is 1.75. The van der Waals surface area contributed by atoms with E-state index in [4.69, 9.17) is 4.74 Å². The molecule has 53 valence electrons. The van der Waals surface area contributed by atoms with Crippen LogP contribution in [0, 0.1) is 0 Å². The van der Waals surface area contributed by atoms with Crippen molar-refractivity contribution in [2.45, 2.75) is 19.8 Å². The van der Waals surface area contributed by atoms with Crippen molar-refractivity contribution < 1.29 is 9.84 Å². The van der Waals surface area contributed by atoms with Crippen LogP contribution in [0.15, 0.2) is 12.3 Å². The summed E-state index contributed by atoms with van der Waals surface area (Å²) in [6.07, 6.45) is 5.07. The minimum Gasteiger partial charge on any atom is -0.502 e. The van der Waals surface area contributed by atoms with E-state index in [1.54, 1.807) is 6.26 Å². The van der Waals surface area contributed by atoms with Gasteiger partial charge in [0.05, 0.1) is 19.5 Å². The van der Waals surface area contributed by atoms with Crippen molar-refractivity contribution in [1.29, 1.82) is 0 Å². The van der Waals surface area contributed by atoms with Crippen molar-refractivity contribution in [3.63, 3.8) is 0 Å². The molecule has 0 saturated carbocycles. The molecular formula is C7H13O2. The molecule has 0 aliphatic carbocycles. The molecular weight excluding hydrogens is 116 g/mol. The highest BCUT2D eigenvalue weighted by atomic mass is 16.5. The van der Waals surface area contributed by atoms with E-state index < -0.39 is 0 Å². The molecule has 0 spiro atoms. The SMILES string of the molecule is CCOC=CCCC[O]. The van der Waals surface area contributed by atoms with Crippen molar-refractivity contribution in [2.24, 2.45) is 0 Å². The van der Waals surface area contributed by atoms with Crippen molar-refractivity contribution in [2.75, 3.05) is 13.2 Å². The van der Waals surface area contributed by atoms with E-state index in [1.807, 2.05) is 13.0 Å². The third kappa shape index (κ3) is 7.50. The van der Waals surface area contributed by atoms with Crippen molar-refractivity contribution in [1.82, 2.24) is 0 Å². The maximum atomic E-state index is 9.89. The summed E-state index contributed by atoms with van der Waals surface area (Å²) in [6.45, 7) is 2.64. The summed E-state index contributed by atoms with van der Waals surface area (Å²) in [7, 11) is 0. The first kappa shape index (κ1) is 8.50. The summed E-state index contributed by atoms with van der Waals surface area (Å²) in [5, 5.41) is 9.89. The van der Waals surface area contributed by atoms with Gasteiger partial charge in [-0.25, -0.2) is 5.11 Å². The lowest BCUT2D eigenvalue weighted by atomic mass is 10.3. The molecule has 0 aromatic carbocycles. The topological polar surface area (TPSA) is 29.1 Å². The maximum Gasteiger partial charge on any atom is 0.0845 e. The van der Waals surface area contributed by atoms with Gasteiger partial charge < -0.3 is 4.74 Å². The van der Waals surface area contributed by atoms with Gasteiger partial charge in [0.2, 0.25) is 0 Å². The number of hydrogen-bond acceptors (Lipinski definition) is 1. The third-order valence-electron chi connectivity index (χ3n) is 0.874. The fourth-order valence-electron chi connectivity index (χ4n) is 0.433. The average molecular weight is 129 g/mol. The molecule has 0 bridgehead atoms. The number of ether oxygens (including phenoxy) is 1. The number of hydrogen-bond donors (Lipinski definition) is 0. The molecule has 0 N–H and O–H groups in total. The van der Waals surface area contributed by atoms with Crippen LogP contribution in [0.2, 0.25) is 0 Å². The Morgan fingerprint density at radius 1 is 1.56 bits per heavy atom. The van der Waals surface area contributed by atoms with Crippen molar-refractivity contribution in [3.8, 4) is 0 Å². The lowest BCUT2D eigenvalue weighted by Gasteiger charge is -1.90. The second-order valence-electron chi connectivity index (χ2n) is 1.67. The molecule has 9 heavy (non-hydrogen) atoms. The minimum absolute atomic E-state index is 0.0104. The van der Waals surface area contributed by atoms with Gasteiger partial charge in [0.15, 0.2) is 0 Å². The van der Waals surface area contributed by atoms with Crippen LogP contribution in [0.1, 0.15) is 19.8 Å². The van der Waals surface area contributed by atoms with Crippen molar-refractivity contribution >= 4 is 0 Å². The highest BCUT2D eigenvalue weighted by Gasteiger charge is 1.78. The molecule has 0 fully saturated rings. The first-order chi connectivity index (χ1) is 4.41. The Balaban J connectivity index is 2.86. The highest BCUT2D eigenvalue weighted by Crippen LogP contribution is 1.89. The molecule has 0 amide bonds. The number of unbranched alkanes of at least 4 members (excludes halogenated alkanes) is 1. The Kier molecular flexibility index (Phi) is 7.08. The van der Waals surface area contributed by atoms with Gasteiger partial charge >= 0.3 is 0 Å². The summed E-state index contributed by atoms with van der Waals surface area (Å²) < 4.78 is 4.90. The van der Waals surface area contributed by atoms with Gasteiger partial charge in [-0.3, -0.25) is 0 Å². The molecule has 0 aromatic rings. The van der Waals surface area contributed by atoms with Gasteiger partial charge in [-0.15, -0.1) is 0 Å². The maximum absolute atomic E-state index is 9.89. The highest BCUT2D eigenvalue weighted by molar-refractivity contribution is 4.72. The molecule has 0 unspecified atom stereocenters. The minimum atomic E-state index is 0.0104. The molecule has 0 rings (SSSR count). The smallest absolute Gasteiger partial charge is 0.0845 e. The molecule has 2 heteroatoms. The summed E-state index contributed by atoms with van der Waals surface area (Å²) in [6, 6.07) is 0. The fraction of sp³-hybridized carbons (Fsp3) is 0.714. The lowest BCUT2D eigenvalue weighted by Crippen LogP contribution is -1.79. The van der Waals surface area contributed by atoms with Crippen molar-refractivity contribution in [3.05, 3.63) is 12.3 Å². The first-order valence-electron chi connectivity index (χ1n) is 3.26. The van der Waals surface area contributed by atoms with E-state index in [2.05, 4.69) is 0 Å². The van der Waals surface area contributed by atoms with Crippen LogP contribution in [0.25, 0.3) is 0 Å². The van der Waals surface area contributed by atoms with Crippen LogP contribution >= 0.6 is 0 Å². The van der Waals surface area contributed by atoms with Gasteiger partial charge in [0, 0.05) is 0 Å². The molecule has 0 saturated heterocycles. The molecule has 0 aromatic heterocycles. The standard InChI is InChI=1S/C7H13O2/c1-2-9-7-5-3-4-6-8/h5,7H,2-4,6H2,1H3. The second kappa shape index (κ2) is 7.50. The zero-order valence-electron chi connectivity index (χ0n) is 5.80. The molecule has 0 heterocycles. The van der Waals surface area contributed by atoms with Crippen LogP contribution in [0.5, 0.6) is 0 Å². The van der Waals surface area contributed by atoms with Crippen LogP contribution in [0.3, 0.4) is 0 Å². The Labute approximate surface area is 56.1 Å². The van der Waals surface area contributed by atoms with Gasteiger partial charge in [0.25, 0.3) is 0 Å². The molecule has 0 aliphatic heterocycles. The second-order valence-corrected chi connectivity index (χ2v) is 1.67. The van der Waals surface area contributed by atoms with E-state index in [0.29, 0.717) is 13.0 Å². The monoisotopic (exact) mass is 129 g/mol. The van der Waals surface area contributed by atoms with Crippen LogP contribution in [-0.2, 0) is 9.84 Å². The Bertz CT molecular complexity index is 69.3.